The summed E-state index contributed by atoms with van der Waals surface area (Å²) >= 11 is 3.22. The highest BCUT2D eigenvalue weighted by atomic mass is 79.9. The minimum absolute atomic E-state index is 0.00290. The number of nitrogens with two attached hydrogens (primary N) is 1. The molecule has 0 aliphatic heterocycles. The van der Waals surface area contributed by atoms with Crippen LogP contribution in [-0.4, -0.2) is 0 Å². The average molecular weight is 324 g/mol. The van der Waals surface area contributed by atoms with E-state index in [1.807, 2.05) is 6.07 Å². The molecule has 2 rings (SSSR count). The summed E-state index contributed by atoms with van der Waals surface area (Å²) in [5.74, 6) is -1.63. The van der Waals surface area contributed by atoms with Crippen molar-refractivity contribution in [2.75, 3.05) is 11.1 Å². The van der Waals surface area contributed by atoms with Crippen LogP contribution in [0.25, 0.3) is 0 Å². The Balaban J connectivity index is 2.45. The lowest BCUT2D eigenvalue weighted by atomic mass is 10.2. The molecule has 0 atom stereocenters. The fourth-order valence-electron chi connectivity index (χ4n) is 1.56. The summed E-state index contributed by atoms with van der Waals surface area (Å²) in [6.07, 6.45) is 0. The van der Waals surface area contributed by atoms with E-state index in [2.05, 4.69) is 21.2 Å². The van der Waals surface area contributed by atoms with Crippen molar-refractivity contribution in [3.05, 3.63) is 52.0 Å². The summed E-state index contributed by atoms with van der Waals surface area (Å²) in [6.45, 7) is 0. The highest BCUT2D eigenvalue weighted by Crippen LogP contribution is 2.28. The molecule has 0 aromatic heterocycles. The van der Waals surface area contributed by atoms with Gasteiger partial charge in [0.1, 0.15) is 11.8 Å². The van der Waals surface area contributed by atoms with Crippen LogP contribution in [0.3, 0.4) is 0 Å². The molecular weight excluding hydrogens is 316 g/mol. The maximum atomic E-state index is 13.6. The van der Waals surface area contributed by atoms with Crippen LogP contribution in [0.2, 0.25) is 0 Å². The van der Waals surface area contributed by atoms with Gasteiger partial charge in [0.05, 0.1) is 11.3 Å². The van der Waals surface area contributed by atoms with Crippen molar-refractivity contribution in [2.24, 2.45) is 0 Å². The van der Waals surface area contributed by atoms with Gasteiger partial charge in [-0.3, -0.25) is 0 Å². The third-order valence-corrected chi connectivity index (χ3v) is 2.92. The van der Waals surface area contributed by atoms with Crippen molar-refractivity contribution in [3.8, 4) is 6.07 Å². The second-order valence-electron chi connectivity index (χ2n) is 3.79. The number of hydrogen-bond acceptors (Lipinski definition) is 3. The maximum absolute atomic E-state index is 13.6. The van der Waals surface area contributed by atoms with Crippen LogP contribution in [0.15, 0.2) is 34.8 Å². The Morgan fingerprint density at radius 2 is 1.79 bits per heavy atom. The average Bonchev–Trinajstić information content (AvgIpc) is 2.35. The van der Waals surface area contributed by atoms with Gasteiger partial charge >= 0.3 is 0 Å². The third-order valence-electron chi connectivity index (χ3n) is 2.43. The number of nitriles is 1. The predicted octanol–water partition coefficient (Wildman–Crippen LogP) is 3.92. The predicted molar refractivity (Wildman–Crippen MR) is 72.9 cm³/mol. The molecular formula is C13H8BrF2N3. The van der Waals surface area contributed by atoms with Crippen molar-refractivity contribution in [2.45, 2.75) is 0 Å². The van der Waals surface area contributed by atoms with Crippen LogP contribution in [0.5, 0.6) is 0 Å². The zero-order chi connectivity index (χ0) is 14.0. The monoisotopic (exact) mass is 323 g/mol. The molecule has 0 saturated heterocycles. The number of nitrogen functional groups attached to an aromatic ring is 1. The van der Waals surface area contributed by atoms with Crippen molar-refractivity contribution in [1.82, 2.24) is 0 Å². The quantitative estimate of drug-likeness (QED) is 0.823. The highest BCUT2D eigenvalue weighted by molar-refractivity contribution is 9.10. The van der Waals surface area contributed by atoms with Crippen LogP contribution < -0.4 is 11.1 Å². The first-order chi connectivity index (χ1) is 9.01. The lowest BCUT2D eigenvalue weighted by Crippen LogP contribution is -2.01. The molecule has 0 fully saturated rings. The molecule has 0 radical (unpaired) electrons. The molecule has 3 N–H and O–H groups in total. The van der Waals surface area contributed by atoms with E-state index in [4.69, 9.17) is 11.0 Å². The second kappa shape index (κ2) is 5.24. The van der Waals surface area contributed by atoms with E-state index in [0.717, 1.165) is 12.1 Å². The van der Waals surface area contributed by atoms with Crippen molar-refractivity contribution < 1.29 is 8.78 Å². The molecule has 0 spiro atoms. The zero-order valence-corrected chi connectivity index (χ0v) is 11.1. The Kier molecular flexibility index (Phi) is 3.67. The Hall–Kier alpha value is -2.13. The summed E-state index contributed by atoms with van der Waals surface area (Å²) < 4.78 is 28.0. The van der Waals surface area contributed by atoms with Crippen molar-refractivity contribution in [3.63, 3.8) is 0 Å². The topological polar surface area (TPSA) is 61.8 Å². The maximum Gasteiger partial charge on any atom is 0.151 e. The van der Waals surface area contributed by atoms with E-state index in [0.29, 0.717) is 10.2 Å². The summed E-state index contributed by atoms with van der Waals surface area (Å²) in [6, 6.07) is 8.73. The molecule has 0 amide bonds. The lowest BCUT2D eigenvalue weighted by Gasteiger charge is -2.11. The van der Waals surface area contributed by atoms with E-state index < -0.39 is 11.6 Å². The lowest BCUT2D eigenvalue weighted by molar-refractivity contribution is 0.592. The molecule has 0 aliphatic carbocycles. The summed E-state index contributed by atoms with van der Waals surface area (Å²) in [4.78, 5) is 0. The fraction of sp³-hybridized carbons (Fsp3) is 0. The van der Waals surface area contributed by atoms with E-state index in [-0.39, 0.29) is 16.9 Å². The third kappa shape index (κ3) is 2.83. The summed E-state index contributed by atoms with van der Waals surface area (Å²) in [5, 5.41) is 11.6. The van der Waals surface area contributed by atoms with Gasteiger partial charge in [0, 0.05) is 10.2 Å². The number of nitrogens with one attached hydrogen (secondary N) is 1. The molecule has 0 unspecified atom stereocenters. The molecule has 19 heavy (non-hydrogen) atoms. The van der Waals surface area contributed by atoms with E-state index in [1.165, 1.54) is 0 Å². The highest BCUT2D eigenvalue weighted by Gasteiger charge is 2.12. The van der Waals surface area contributed by atoms with Crippen LogP contribution in [0, 0.1) is 23.0 Å². The molecule has 0 bridgehead atoms. The number of halogens is 3. The summed E-state index contributed by atoms with van der Waals surface area (Å²) in [7, 11) is 0. The Morgan fingerprint density at radius 1 is 1.16 bits per heavy atom. The molecule has 2 aromatic carbocycles. The zero-order valence-electron chi connectivity index (χ0n) is 9.55. The van der Waals surface area contributed by atoms with Gasteiger partial charge in [-0.05, 0) is 30.3 Å². The minimum atomic E-state index is -0.815. The molecule has 0 heterocycles. The van der Waals surface area contributed by atoms with Gasteiger partial charge in [0.25, 0.3) is 0 Å². The van der Waals surface area contributed by atoms with Gasteiger partial charge in [-0.15, -0.1) is 0 Å². The first-order valence-electron chi connectivity index (χ1n) is 5.22. The van der Waals surface area contributed by atoms with Gasteiger partial charge in [-0.25, -0.2) is 8.78 Å². The first kappa shape index (κ1) is 13.3. The number of anilines is 3. The van der Waals surface area contributed by atoms with Gasteiger partial charge in [0.2, 0.25) is 0 Å². The molecule has 0 saturated carbocycles. The van der Waals surface area contributed by atoms with Crippen LogP contribution in [0.1, 0.15) is 5.56 Å². The summed E-state index contributed by atoms with van der Waals surface area (Å²) in [5.41, 5.74) is 5.57. The van der Waals surface area contributed by atoms with E-state index >= 15 is 0 Å². The van der Waals surface area contributed by atoms with Gasteiger partial charge < -0.3 is 11.1 Å². The molecule has 3 nitrogen and oxygen atoms in total. The largest absolute Gasteiger partial charge is 0.399 e. The normalized spacial score (nSPS) is 10.0. The molecule has 2 aromatic rings. The van der Waals surface area contributed by atoms with Gasteiger partial charge in [-0.1, -0.05) is 15.9 Å². The number of hydrogen-bond donors (Lipinski definition) is 2. The number of nitrogens with zero attached hydrogens (tertiary/aromatic N) is 1. The first-order valence-corrected chi connectivity index (χ1v) is 6.01. The van der Waals surface area contributed by atoms with Crippen LogP contribution in [0.4, 0.5) is 25.8 Å². The molecule has 6 heteroatoms. The molecule has 0 aliphatic rings. The smallest absolute Gasteiger partial charge is 0.151 e. The second-order valence-corrected chi connectivity index (χ2v) is 4.70. The van der Waals surface area contributed by atoms with Gasteiger partial charge in [0.15, 0.2) is 11.6 Å². The standard InChI is InChI=1S/C13H8BrF2N3/c14-8-1-2-12(7(3-8)6-17)19-13-10(15)4-9(18)5-11(13)16/h1-5,19H,18H2. The number of benzene rings is 2. The Labute approximate surface area is 116 Å². The number of rotatable bonds is 2. The van der Waals surface area contributed by atoms with Crippen LogP contribution in [-0.2, 0) is 0 Å². The Bertz CT molecular complexity index is 657. The van der Waals surface area contributed by atoms with Crippen LogP contribution >= 0.6 is 15.9 Å². The minimum Gasteiger partial charge on any atom is -0.399 e. The van der Waals surface area contributed by atoms with E-state index in [9.17, 15) is 8.78 Å². The van der Waals surface area contributed by atoms with Crippen molar-refractivity contribution in [1.29, 1.82) is 5.26 Å². The van der Waals surface area contributed by atoms with Crippen molar-refractivity contribution >= 4 is 33.0 Å². The fourth-order valence-corrected chi connectivity index (χ4v) is 1.93. The molecule has 96 valence electrons. The van der Waals surface area contributed by atoms with E-state index in [1.54, 1.807) is 18.2 Å². The SMILES string of the molecule is N#Cc1cc(Br)ccc1Nc1c(F)cc(N)cc1F. The Morgan fingerprint density at radius 3 is 2.37 bits per heavy atom. The van der Waals surface area contributed by atoms with Gasteiger partial charge in [-0.2, -0.15) is 5.26 Å².